The fraction of sp³-hybridized carbons (Fsp3) is 0.412. The molecule has 5 heteroatoms. The van der Waals surface area contributed by atoms with Gasteiger partial charge in [-0.05, 0) is 19.4 Å². The van der Waals surface area contributed by atoms with Gasteiger partial charge in [-0.1, -0.05) is 30.3 Å². The quantitative estimate of drug-likeness (QED) is 0.874. The number of rotatable bonds is 3. The molecule has 1 aromatic carbocycles. The van der Waals surface area contributed by atoms with Crippen LogP contribution in [0.4, 0.5) is 0 Å². The van der Waals surface area contributed by atoms with Gasteiger partial charge in [0.15, 0.2) is 0 Å². The maximum atomic E-state index is 12.6. The van der Waals surface area contributed by atoms with Gasteiger partial charge in [0, 0.05) is 32.2 Å². The highest BCUT2D eigenvalue weighted by molar-refractivity contribution is 7.11. The highest BCUT2D eigenvalue weighted by Crippen LogP contribution is 2.20. The van der Waals surface area contributed by atoms with Crippen molar-refractivity contribution in [1.82, 2.24) is 14.8 Å². The Balaban J connectivity index is 1.63. The van der Waals surface area contributed by atoms with Gasteiger partial charge in [-0.15, -0.1) is 11.3 Å². The van der Waals surface area contributed by atoms with Crippen LogP contribution in [0.3, 0.4) is 0 Å². The molecule has 3 rings (SSSR count). The predicted octanol–water partition coefficient (Wildman–Crippen LogP) is 2.80. The van der Waals surface area contributed by atoms with Crippen LogP contribution >= 0.6 is 11.3 Å². The van der Waals surface area contributed by atoms with Crippen LogP contribution in [0.15, 0.2) is 35.8 Å². The third kappa shape index (κ3) is 3.20. The largest absolute Gasteiger partial charge is 0.333 e. The predicted molar refractivity (Wildman–Crippen MR) is 89.1 cm³/mol. The number of hydrogen-bond acceptors (Lipinski definition) is 4. The van der Waals surface area contributed by atoms with Gasteiger partial charge in [0.1, 0.15) is 4.88 Å². The van der Waals surface area contributed by atoms with Crippen molar-refractivity contribution in [2.75, 3.05) is 19.6 Å². The van der Waals surface area contributed by atoms with Gasteiger partial charge in [-0.2, -0.15) is 0 Å². The lowest BCUT2D eigenvalue weighted by atomic mass is 10.1. The molecule has 1 atom stereocenters. The summed E-state index contributed by atoms with van der Waals surface area (Å²) >= 11 is 1.44. The number of nitrogens with zero attached hydrogens (tertiary/aromatic N) is 3. The molecule has 0 N–H and O–H groups in total. The fourth-order valence-corrected chi connectivity index (χ4v) is 3.72. The first-order valence-electron chi connectivity index (χ1n) is 7.62. The molecule has 2 heterocycles. The van der Waals surface area contributed by atoms with E-state index in [4.69, 9.17) is 0 Å². The second-order valence-electron chi connectivity index (χ2n) is 5.84. The van der Waals surface area contributed by atoms with Crippen LogP contribution in [0, 0.1) is 6.92 Å². The van der Waals surface area contributed by atoms with Gasteiger partial charge >= 0.3 is 0 Å². The van der Waals surface area contributed by atoms with Crippen molar-refractivity contribution in [2.45, 2.75) is 26.4 Å². The Bertz CT molecular complexity index is 640. The summed E-state index contributed by atoms with van der Waals surface area (Å²) in [5.74, 6) is 0.131. The Kier molecular flexibility index (Phi) is 4.55. The van der Waals surface area contributed by atoms with Gasteiger partial charge in [-0.3, -0.25) is 9.69 Å². The summed E-state index contributed by atoms with van der Waals surface area (Å²) in [7, 11) is 0. The Labute approximate surface area is 135 Å². The molecule has 0 radical (unpaired) electrons. The van der Waals surface area contributed by atoms with Gasteiger partial charge in [0.05, 0.1) is 11.2 Å². The minimum Gasteiger partial charge on any atom is -0.333 e. The van der Waals surface area contributed by atoms with Crippen LogP contribution in [-0.4, -0.2) is 46.4 Å². The van der Waals surface area contributed by atoms with Crippen molar-refractivity contribution < 1.29 is 4.79 Å². The molecule has 2 aromatic rings. The number of benzene rings is 1. The van der Waals surface area contributed by atoms with Gasteiger partial charge < -0.3 is 4.90 Å². The summed E-state index contributed by atoms with van der Waals surface area (Å²) < 4.78 is 0. The molecule has 0 spiro atoms. The number of thiazole rings is 1. The van der Waals surface area contributed by atoms with E-state index in [1.807, 2.05) is 17.9 Å². The van der Waals surface area contributed by atoms with Gasteiger partial charge in [0.25, 0.3) is 5.91 Å². The van der Waals surface area contributed by atoms with E-state index in [1.165, 1.54) is 16.9 Å². The van der Waals surface area contributed by atoms with Crippen LogP contribution in [-0.2, 0) is 6.54 Å². The summed E-state index contributed by atoms with van der Waals surface area (Å²) in [5.41, 5.74) is 3.92. The zero-order chi connectivity index (χ0) is 15.5. The summed E-state index contributed by atoms with van der Waals surface area (Å²) in [6.07, 6.45) is 0. The molecule has 1 unspecified atom stereocenters. The number of aryl methyl sites for hydroxylation is 1. The number of aromatic nitrogens is 1. The first-order chi connectivity index (χ1) is 10.6. The molecular weight excluding hydrogens is 294 g/mol. The molecule has 0 bridgehead atoms. The Morgan fingerprint density at radius 1 is 1.32 bits per heavy atom. The van der Waals surface area contributed by atoms with E-state index in [0.717, 1.165) is 36.8 Å². The minimum atomic E-state index is 0.131. The SMILES string of the molecule is Cc1ncsc1C(=O)N1CCN(Cc2ccccc2)CC1C. The standard InChI is InChI=1S/C17H21N3OS/c1-13-10-19(11-15-6-4-3-5-7-15)8-9-20(13)17(21)16-14(2)18-12-22-16/h3-7,12-13H,8-11H2,1-2H3. The van der Waals surface area contributed by atoms with Gasteiger partial charge in [-0.25, -0.2) is 4.98 Å². The zero-order valence-electron chi connectivity index (χ0n) is 13.0. The Morgan fingerprint density at radius 2 is 2.09 bits per heavy atom. The first kappa shape index (κ1) is 15.2. The monoisotopic (exact) mass is 315 g/mol. The molecule has 1 aliphatic heterocycles. The van der Waals surface area contributed by atoms with Crippen molar-refractivity contribution in [3.05, 3.63) is 52.0 Å². The van der Waals surface area contributed by atoms with Crippen molar-refractivity contribution >= 4 is 17.2 Å². The lowest BCUT2D eigenvalue weighted by Crippen LogP contribution is -2.53. The smallest absolute Gasteiger partial charge is 0.266 e. The molecule has 0 saturated carbocycles. The number of amides is 1. The minimum absolute atomic E-state index is 0.131. The topological polar surface area (TPSA) is 36.4 Å². The maximum absolute atomic E-state index is 12.6. The molecule has 1 aromatic heterocycles. The lowest BCUT2D eigenvalue weighted by Gasteiger charge is -2.39. The van der Waals surface area contributed by atoms with E-state index in [-0.39, 0.29) is 11.9 Å². The lowest BCUT2D eigenvalue weighted by molar-refractivity contribution is 0.0479. The average Bonchev–Trinajstić information content (AvgIpc) is 2.94. The third-order valence-electron chi connectivity index (χ3n) is 4.16. The van der Waals surface area contributed by atoms with E-state index in [2.05, 4.69) is 41.1 Å². The van der Waals surface area contributed by atoms with E-state index >= 15 is 0 Å². The van der Waals surface area contributed by atoms with Crippen LogP contribution in [0.25, 0.3) is 0 Å². The number of carbonyl (C=O) groups is 1. The van der Waals surface area contributed by atoms with E-state index < -0.39 is 0 Å². The van der Waals surface area contributed by atoms with Crippen LogP contribution in [0.5, 0.6) is 0 Å². The van der Waals surface area contributed by atoms with Crippen LogP contribution < -0.4 is 0 Å². The summed E-state index contributed by atoms with van der Waals surface area (Å²) in [6, 6.07) is 10.7. The number of piperazine rings is 1. The van der Waals surface area contributed by atoms with E-state index in [9.17, 15) is 4.79 Å². The third-order valence-corrected chi connectivity index (χ3v) is 5.08. The maximum Gasteiger partial charge on any atom is 0.266 e. The van der Waals surface area contributed by atoms with Crippen molar-refractivity contribution in [2.24, 2.45) is 0 Å². The second-order valence-corrected chi connectivity index (χ2v) is 6.69. The summed E-state index contributed by atoms with van der Waals surface area (Å²) in [4.78, 5) is 22.0. The highest BCUT2D eigenvalue weighted by Gasteiger charge is 2.29. The Morgan fingerprint density at radius 3 is 2.73 bits per heavy atom. The van der Waals surface area contributed by atoms with Gasteiger partial charge in [0.2, 0.25) is 0 Å². The zero-order valence-corrected chi connectivity index (χ0v) is 13.8. The number of carbonyl (C=O) groups excluding carboxylic acids is 1. The fourth-order valence-electron chi connectivity index (χ4n) is 2.96. The average molecular weight is 315 g/mol. The molecule has 1 aliphatic rings. The molecule has 4 nitrogen and oxygen atoms in total. The molecule has 1 saturated heterocycles. The number of hydrogen-bond donors (Lipinski definition) is 0. The molecule has 116 valence electrons. The summed E-state index contributed by atoms with van der Waals surface area (Å²) in [6.45, 7) is 7.60. The molecular formula is C17H21N3OS. The second kappa shape index (κ2) is 6.58. The van der Waals surface area contributed by atoms with E-state index in [1.54, 1.807) is 5.51 Å². The van der Waals surface area contributed by atoms with E-state index in [0.29, 0.717) is 0 Å². The molecule has 1 fully saturated rings. The molecule has 1 amide bonds. The first-order valence-corrected chi connectivity index (χ1v) is 8.50. The highest BCUT2D eigenvalue weighted by atomic mass is 32.1. The van der Waals surface area contributed by atoms with Crippen molar-refractivity contribution in [3.63, 3.8) is 0 Å². The van der Waals surface area contributed by atoms with Crippen molar-refractivity contribution in [1.29, 1.82) is 0 Å². The van der Waals surface area contributed by atoms with Crippen molar-refractivity contribution in [3.8, 4) is 0 Å². The molecule has 22 heavy (non-hydrogen) atoms. The molecule has 0 aliphatic carbocycles. The Hall–Kier alpha value is -1.72. The van der Waals surface area contributed by atoms with Crippen LogP contribution in [0.1, 0.15) is 27.9 Å². The van der Waals surface area contributed by atoms with Crippen LogP contribution in [0.2, 0.25) is 0 Å². The normalized spacial score (nSPS) is 19.4. The summed E-state index contributed by atoms with van der Waals surface area (Å²) in [5, 5.41) is 0.